The lowest BCUT2D eigenvalue weighted by Crippen LogP contribution is -2.22. The fraction of sp³-hybridized carbons (Fsp3) is 0.231. The van der Waals surface area contributed by atoms with Gasteiger partial charge in [0.2, 0.25) is 10.0 Å². The van der Waals surface area contributed by atoms with Gasteiger partial charge in [-0.15, -0.1) is 11.3 Å². The van der Waals surface area contributed by atoms with E-state index >= 15 is 0 Å². The number of hydrogen-bond donors (Lipinski definition) is 2. The van der Waals surface area contributed by atoms with Crippen molar-refractivity contribution in [2.24, 2.45) is 0 Å². The molecular weight excluding hydrogens is 360 g/mol. The fourth-order valence-electron chi connectivity index (χ4n) is 1.69. The third kappa shape index (κ3) is 4.13. The van der Waals surface area contributed by atoms with Crippen LogP contribution in [-0.4, -0.2) is 15.5 Å². The molecule has 2 aromatic rings. The number of thiophene rings is 1. The van der Waals surface area contributed by atoms with Crippen molar-refractivity contribution in [2.45, 2.75) is 18.0 Å². The Hall–Kier alpha value is -0.730. The highest BCUT2D eigenvalue weighted by molar-refractivity contribution is 9.11. The highest BCUT2D eigenvalue weighted by atomic mass is 79.9. The molecular formula is C13H15BrN2O2S2. The van der Waals surface area contributed by atoms with E-state index in [0.717, 1.165) is 20.8 Å². The molecule has 1 heterocycles. The predicted molar refractivity (Wildman–Crippen MR) is 85.3 cm³/mol. The van der Waals surface area contributed by atoms with Crippen LogP contribution in [0.5, 0.6) is 0 Å². The van der Waals surface area contributed by atoms with E-state index in [1.54, 1.807) is 12.1 Å². The van der Waals surface area contributed by atoms with Crippen LogP contribution >= 0.6 is 27.3 Å². The molecule has 0 saturated carbocycles. The molecule has 0 unspecified atom stereocenters. The van der Waals surface area contributed by atoms with Gasteiger partial charge in [-0.05, 0) is 52.8 Å². The van der Waals surface area contributed by atoms with Gasteiger partial charge in [0.05, 0.1) is 8.68 Å². The van der Waals surface area contributed by atoms with Crippen molar-refractivity contribution < 1.29 is 8.42 Å². The molecule has 0 aliphatic carbocycles. The Morgan fingerprint density at radius 2 is 1.80 bits per heavy atom. The number of halogens is 1. The van der Waals surface area contributed by atoms with Crippen molar-refractivity contribution in [1.29, 1.82) is 0 Å². The first-order chi connectivity index (χ1) is 9.51. The number of sulfonamides is 1. The van der Waals surface area contributed by atoms with E-state index in [0.29, 0.717) is 6.54 Å². The van der Waals surface area contributed by atoms with Crippen molar-refractivity contribution >= 4 is 37.3 Å². The Labute approximate surface area is 131 Å². The summed E-state index contributed by atoms with van der Waals surface area (Å²) in [5, 5.41) is 3.02. The second-order valence-electron chi connectivity index (χ2n) is 4.20. The van der Waals surface area contributed by atoms with E-state index < -0.39 is 10.0 Å². The molecule has 20 heavy (non-hydrogen) atoms. The Balaban J connectivity index is 2.05. The molecule has 108 valence electrons. The van der Waals surface area contributed by atoms with E-state index in [-0.39, 0.29) is 4.90 Å². The minimum Gasteiger partial charge on any atom is -0.316 e. The molecule has 1 aromatic carbocycles. The van der Waals surface area contributed by atoms with Gasteiger partial charge >= 0.3 is 0 Å². The van der Waals surface area contributed by atoms with Crippen molar-refractivity contribution in [2.75, 3.05) is 7.05 Å². The van der Waals surface area contributed by atoms with Crippen LogP contribution in [-0.2, 0) is 23.1 Å². The van der Waals surface area contributed by atoms with Crippen LogP contribution in [0.1, 0.15) is 10.4 Å². The first-order valence-electron chi connectivity index (χ1n) is 5.99. The topological polar surface area (TPSA) is 58.2 Å². The molecule has 0 aliphatic heterocycles. The second kappa shape index (κ2) is 6.82. The average Bonchev–Trinajstić information content (AvgIpc) is 2.84. The highest BCUT2D eigenvalue weighted by Crippen LogP contribution is 2.22. The monoisotopic (exact) mass is 374 g/mol. The van der Waals surface area contributed by atoms with Crippen LogP contribution in [0.25, 0.3) is 0 Å². The zero-order valence-corrected chi connectivity index (χ0v) is 14.1. The maximum absolute atomic E-state index is 12.1. The second-order valence-corrected chi connectivity index (χ2v) is 8.52. The van der Waals surface area contributed by atoms with Gasteiger partial charge in [-0.25, -0.2) is 13.1 Å². The quantitative estimate of drug-likeness (QED) is 0.816. The van der Waals surface area contributed by atoms with Crippen LogP contribution in [0.4, 0.5) is 0 Å². The van der Waals surface area contributed by atoms with Crippen molar-refractivity contribution in [3.63, 3.8) is 0 Å². The lowest BCUT2D eigenvalue weighted by molar-refractivity contribution is 0.582. The first kappa shape index (κ1) is 15.7. The van der Waals surface area contributed by atoms with Gasteiger partial charge in [0.25, 0.3) is 0 Å². The standard InChI is InChI=1S/C13H15BrN2O2S2/c1-15-8-10-2-5-12(6-3-10)20(17,18)16-9-11-4-7-13(14)19-11/h2-7,15-16H,8-9H2,1H3. The smallest absolute Gasteiger partial charge is 0.240 e. The minimum atomic E-state index is -3.46. The summed E-state index contributed by atoms with van der Waals surface area (Å²) in [6.45, 7) is 1.02. The molecule has 0 bridgehead atoms. The number of benzene rings is 1. The lowest BCUT2D eigenvalue weighted by atomic mass is 10.2. The Morgan fingerprint density at radius 3 is 2.35 bits per heavy atom. The Morgan fingerprint density at radius 1 is 1.10 bits per heavy atom. The molecule has 1 aromatic heterocycles. The minimum absolute atomic E-state index is 0.285. The SMILES string of the molecule is CNCc1ccc(S(=O)(=O)NCc2ccc(Br)s2)cc1. The molecule has 2 rings (SSSR count). The van der Waals surface area contributed by atoms with Crippen molar-refractivity contribution in [3.05, 3.63) is 50.6 Å². The van der Waals surface area contributed by atoms with E-state index in [4.69, 9.17) is 0 Å². The largest absolute Gasteiger partial charge is 0.316 e. The number of rotatable bonds is 6. The van der Waals surface area contributed by atoms with Gasteiger partial charge in [0, 0.05) is 18.0 Å². The molecule has 0 spiro atoms. The zero-order valence-electron chi connectivity index (χ0n) is 10.9. The summed E-state index contributed by atoms with van der Waals surface area (Å²) in [5.74, 6) is 0. The van der Waals surface area contributed by atoms with Crippen molar-refractivity contribution in [1.82, 2.24) is 10.0 Å². The van der Waals surface area contributed by atoms with Gasteiger partial charge < -0.3 is 5.32 Å². The number of hydrogen-bond acceptors (Lipinski definition) is 4. The predicted octanol–water partition coefficient (Wildman–Crippen LogP) is 2.71. The summed E-state index contributed by atoms with van der Waals surface area (Å²) in [4.78, 5) is 1.25. The van der Waals surface area contributed by atoms with E-state index in [1.807, 2.05) is 31.3 Å². The summed E-state index contributed by atoms with van der Waals surface area (Å²) < 4.78 is 27.9. The lowest BCUT2D eigenvalue weighted by Gasteiger charge is -2.07. The van der Waals surface area contributed by atoms with Crippen LogP contribution < -0.4 is 10.0 Å². The van der Waals surface area contributed by atoms with Crippen molar-refractivity contribution in [3.8, 4) is 0 Å². The molecule has 2 N–H and O–H groups in total. The molecule has 0 aliphatic rings. The molecule has 0 amide bonds. The van der Waals surface area contributed by atoms with Crippen LogP contribution in [0.2, 0.25) is 0 Å². The summed E-state index contributed by atoms with van der Waals surface area (Å²) in [6, 6.07) is 10.7. The normalized spacial score (nSPS) is 11.7. The van der Waals surface area contributed by atoms with Gasteiger partial charge in [0.1, 0.15) is 0 Å². The van der Waals surface area contributed by atoms with E-state index in [2.05, 4.69) is 26.0 Å². The first-order valence-corrected chi connectivity index (χ1v) is 9.08. The van der Waals surface area contributed by atoms with Gasteiger partial charge in [-0.1, -0.05) is 12.1 Å². The molecule has 0 fully saturated rings. The third-order valence-corrected chi connectivity index (χ3v) is 5.72. The molecule has 4 nitrogen and oxygen atoms in total. The van der Waals surface area contributed by atoms with Gasteiger partial charge in [0.15, 0.2) is 0 Å². The Kier molecular flexibility index (Phi) is 5.34. The van der Waals surface area contributed by atoms with Crippen LogP contribution in [0.15, 0.2) is 45.1 Å². The van der Waals surface area contributed by atoms with Crippen LogP contribution in [0.3, 0.4) is 0 Å². The zero-order chi connectivity index (χ0) is 14.6. The molecule has 7 heteroatoms. The maximum Gasteiger partial charge on any atom is 0.240 e. The summed E-state index contributed by atoms with van der Waals surface area (Å²) in [7, 11) is -1.61. The summed E-state index contributed by atoms with van der Waals surface area (Å²) in [6.07, 6.45) is 0. The highest BCUT2D eigenvalue weighted by Gasteiger charge is 2.13. The fourth-order valence-corrected chi connectivity index (χ4v) is 4.21. The van der Waals surface area contributed by atoms with E-state index in [1.165, 1.54) is 11.3 Å². The van der Waals surface area contributed by atoms with Gasteiger partial charge in [-0.2, -0.15) is 0 Å². The summed E-state index contributed by atoms with van der Waals surface area (Å²) >= 11 is 4.87. The molecule has 0 saturated heterocycles. The maximum atomic E-state index is 12.1. The summed E-state index contributed by atoms with van der Waals surface area (Å²) in [5.41, 5.74) is 1.05. The molecule has 0 atom stereocenters. The molecule has 0 radical (unpaired) electrons. The number of nitrogens with one attached hydrogen (secondary N) is 2. The third-order valence-electron chi connectivity index (χ3n) is 2.68. The van der Waals surface area contributed by atoms with Gasteiger partial charge in [-0.3, -0.25) is 0 Å². The van der Waals surface area contributed by atoms with Crippen LogP contribution in [0, 0.1) is 0 Å². The average molecular weight is 375 g/mol. The Bertz CT molecular complexity index is 666. The van der Waals surface area contributed by atoms with E-state index in [9.17, 15) is 8.42 Å².